The van der Waals surface area contributed by atoms with E-state index in [1.807, 2.05) is 74.5 Å². The highest BCUT2D eigenvalue weighted by Gasteiger charge is 2.24. The van der Waals surface area contributed by atoms with E-state index in [0.29, 0.717) is 10.6 Å². The van der Waals surface area contributed by atoms with Crippen LogP contribution in [-0.2, 0) is 4.79 Å². The van der Waals surface area contributed by atoms with Crippen molar-refractivity contribution in [1.82, 2.24) is 0 Å². The zero-order valence-corrected chi connectivity index (χ0v) is 16.2. The molecule has 1 aromatic heterocycles. The molecule has 1 N–H and O–H groups in total. The molecular weight excluding hydrogens is 360 g/mol. The lowest BCUT2D eigenvalue weighted by Gasteiger charge is -2.16. The van der Waals surface area contributed by atoms with E-state index >= 15 is 0 Å². The molecule has 0 saturated carbocycles. The van der Waals surface area contributed by atoms with Crippen molar-refractivity contribution in [3.8, 4) is 6.07 Å². The number of nitrogens with one attached hydrogen (secondary N) is 1. The van der Waals surface area contributed by atoms with Crippen molar-refractivity contribution >= 4 is 34.0 Å². The van der Waals surface area contributed by atoms with Gasteiger partial charge in [0.2, 0.25) is 5.91 Å². The molecule has 0 saturated heterocycles. The molecule has 5 heteroatoms. The van der Waals surface area contributed by atoms with Crippen molar-refractivity contribution in [2.45, 2.75) is 24.0 Å². The highest BCUT2D eigenvalue weighted by molar-refractivity contribution is 8.00. The maximum Gasteiger partial charge on any atom is 0.243 e. The first-order valence-corrected chi connectivity index (χ1v) is 9.87. The van der Waals surface area contributed by atoms with Gasteiger partial charge in [-0.2, -0.15) is 5.26 Å². The molecule has 2 aromatic carbocycles. The molecule has 3 nitrogen and oxygen atoms in total. The first kappa shape index (κ1) is 18.2. The number of hydrogen-bond acceptors (Lipinski definition) is 4. The molecule has 1 atom stereocenters. The predicted octanol–water partition coefficient (Wildman–Crippen LogP) is 5.71. The molecule has 0 aliphatic rings. The van der Waals surface area contributed by atoms with Gasteiger partial charge in [0.25, 0.3) is 0 Å². The number of nitrogens with zero attached hydrogens (tertiary/aromatic N) is 1. The van der Waals surface area contributed by atoms with Gasteiger partial charge in [-0.1, -0.05) is 48.5 Å². The van der Waals surface area contributed by atoms with Crippen LogP contribution in [0.25, 0.3) is 0 Å². The second-order valence-corrected chi connectivity index (χ2v) is 8.21. The zero-order chi connectivity index (χ0) is 18.5. The van der Waals surface area contributed by atoms with E-state index in [4.69, 9.17) is 0 Å². The van der Waals surface area contributed by atoms with E-state index in [2.05, 4.69) is 11.4 Å². The Morgan fingerprint density at radius 1 is 1.08 bits per heavy atom. The lowest BCUT2D eigenvalue weighted by Crippen LogP contribution is -2.19. The summed E-state index contributed by atoms with van der Waals surface area (Å²) in [6.45, 7) is 3.87. The lowest BCUT2D eigenvalue weighted by molar-refractivity contribution is -0.115. The number of rotatable bonds is 5. The van der Waals surface area contributed by atoms with Gasteiger partial charge < -0.3 is 5.32 Å². The number of anilines is 1. The SMILES string of the molecule is Cc1sc(NC(=O)[C@@H](Sc2ccccc2)c2ccccc2)c(C#N)c1C. The van der Waals surface area contributed by atoms with E-state index in [0.717, 1.165) is 20.9 Å². The summed E-state index contributed by atoms with van der Waals surface area (Å²) in [5.41, 5.74) is 2.42. The molecular formula is C21H18N2OS2. The van der Waals surface area contributed by atoms with Crippen LogP contribution in [0.1, 0.15) is 26.8 Å². The van der Waals surface area contributed by atoms with Gasteiger partial charge in [0.15, 0.2) is 0 Å². The molecule has 0 fully saturated rings. The van der Waals surface area contributed by atoms with Crippen LogP contribution in [0.4, 0.5) is 5.00 Å². The zero-order valence-electron chi connectivity index (χ0n) is 14.5. The van der Waals surface area contributed by atoms with E-state index in [1.54, 1.807) is 0 Å². The first-order chi connectivity index (χ1) is 12.6. The molecule has 1 heterocycles. The number of hydrogen-bond donors (Lipinski definition) is 1. The Balaban J connectivity index is 1.91. The Labute approximate surface area is 161 Å². The van der Waals surface area contributed by atoms with Gasteiger partial charge in [0, 0.05) is 9.77 Å². The summed E-state index contributed by atoms with van der Waals surface area (Å²) >= 11 is 2.95. The topological polar surface area (TPSA) is 52.9 Å². The highest BCUT2D eigenvalue weighted by Crippen LogP contribution is 2.38. The summed E-state index contributed by atoms with van der Waals surface area (Å²) in [7, 11) is 0. The number of benzene rings is 2. The Kier molecular flexibility index (Phi) is 5.77. The number of amides is 1. The van der Waals surface area contributed by atoms with Crippen molar-refractivity contribution < 1.29 is 4.79 Å². The molecule has 26 heavy (non-hydrogen) atoms. The van der Waals surface area contributed by atoms with Crippen molar-refractivity contribution in [3.05, 3.63) is 82.2 Å². The van der Waals surface area contributed by atoms with Crippen LogP contribution in [0.2, 0.25) is 0 Å². The fourth-order valence-corrected chi connectivity index (χ4v) is 4.62. The molecule has 130 valence electrons. The van der Waals surface area contributed by atoms with Gasteiger partial charge in [-0.15, -0.1) is 23.1 Å². The maximum absolute atomic E-state index is 13.1. The van der Waals surface area contributed by atoms with Crippen LogP contribution < -0.4 is 5.32 Å². The quantitative estimate of drug-likeness (QED) is 0.579. The molecule has 1 amide bonds. The van der Waals surface area contributed by atoms with Crippen LogP contribution in [0.3, 0.4) is 0 Å². The van der Waals surface area contributed by atoms with Gasteiger partial charge in [-0.3, -0.25) is 4.79 Å². The number of thioether (sulfide) groups is 1. The minimum atomic E-state index is -0.396. The number of thiophene rings is 1. The average Bonchev–Trinajstić information content (AvgIpc) is 2.94. The number of carbonyl (C=O) groups is 1. The third kappa shape index (κ3) is 3.98. The van der Waals surface area contributed by atoms with Crippen LogP contribution in [0.15, 0.2) is 65.6 Å². The Morgan fingerprint density at radius 2 is 1.69 bits per heavy atom. The second-order valence-electron chi connectivity index (χ2n) is 5.81. The smallest absolute Gasteiger partial charge is 0.243 e. The van der Waals surface area contributed by atoms with E-state index in [-0.39, 0.29) is 5.91 Å². The van der Waals surface area contributed by atoms with Crippen LogP contribution >= 0.6 is 23.1 Å². The van der Waals surface area contributed by atoms with Crippen molar-refractivity contribution in [2.75, 3.05) is 5.32 Å². The van der Waals surface area contributed by atoms with Crippen molar-refractivity contribution in [1.29, 1.82) is 5.26 Å². The maximum atomic E-state index is 13.1. The predicted molar refractivity (Wildman–Crippen MR) is 109 cm³/mol. The number of carbonyl (C=O) groups excluding carboxylic acids is 1. The Hall–Kier alpha value is -2.55. The molecule has 0 spiro atoms. The Bertz CT molecular complexity index is 943. The second kappa shape index (κ2) is 8.22. The van der Waals surface area contributed by atoms with E-state index in [9.17, 15) is 10.1 Å². The van der Waals surface area contributed by atoms with E-state index < -0.39 is 5.25 Å². The highest BCUT2D eigenvalue weighted by atomic mass is 32.2. The van der Waals surface area contributed by atoms with Crippen LogP contribution in [0, 0.1) is 25.2 Å². The van der Waals surface area contributed by atoms with Crippen molar-refractivity contribution in [3.63, 3.8) is 0 Å². The molecule has 0 bridgehead atoms. The fourth-order valence-electron chi connectivity index (χ4n) is 2.56. The summed E-state index contributed by atoms with van der Waals surface area (Å²) in [6.07, 6.45) is 0. The summed E-state index contributed by atoms with van der Waals surface area (Å²) in [4.78, 5) is 15.1. The van der Waals surface area contributed by atoms with Gasteiger partial charge >= 0.3 is 0 Å². The van der Waals surface area contributed by atoms with E-state index in [1.165, 1.54) is 23.1 Å². The molecule has 3 aromatic rings. The summed E-state index contributed by atoms with van der Waals surface area (Å²) < 4.78 is 0. The number of aryl methyl sites for hydroxylation is 1. The fraction of sp³-hybridized carbons (Fsp3) is 0.143. The van der Waals surface area contributed by atoms with Crippen molar-refractivity contribution in [2.24, 2.45) is 0 Å². The number of nitriles is 1. The molecule has 0 unspecified atom stereocenters. The lowest BCUT2D eigenvalue weighted by atomic mass is 10.1. The summed E-state index contributed by atoms with van der Waals surface area (Å²) in [6, 6.07) is 21.8. The third-order valence-corrected chi connectivity index (χ3v) is 6.46. The third-order valence-electron chi connectivity index (χ3n) is 4.07. The summed E-state index contributed by atoms with van der Waals surface area (Å²) in [5.74, 6) is -0.122. The largest absolute Gasteiger partial charge is 0.315 e. The van der Waals surface area contributed by atoms with Gasteiger partial charge in [0.1, 0.15) is 16.3 Å². The Morgan fingerprint density at radius 3 is 2.31 bits per heavy atom. The minimum Gasteiger partial charge on any atom is -0.315 e. The van der Waals surface area contributed by atoms with Crippen LogP contribution in [-0.4, -0.2) is 5.91 Å². The molecule has 0 aliphatic heterocycles. The minimum absolute atomic E-state index is 0.122. The molecule has 3 rings (SSSR count). The van der Waals surface area contributed by atoms with Gasteiger partial charge in [0.05, 0.1) is 5.56 Å². The standard InChI is InChI=1S/C21H18N2OS2/c1-14-15(2)25-21(18(14)13-22)23-20(24)19(16-9-5-3-6-10-16)26-17-11-7-4-8-12-17/h3-12,19H,1-2H3,(H,23,24)/t19-/m0/s1. The van der Waals surface area contributed by atoms with Crippen LogP contribution in [0.5, 0.6) is 0 Å². The monoisotopic (exact) mass is 378 g/mol. The molecule has 0 aliphatic carbocycles. The summed E-state index contributed by atoms with van der Waals surface area (Å²) in [5, 5.41) is 12.6. The molecule has 0 radical (unpaired) electrons. The van der Waals surface area contributed by atoms with Gasteiger partial charge in [-0.25, -0.2) is 0 Å². The van der Waals surface area contributed by atoms with Gasteiger partial charge in [-0.05, 0) is 37.1 Å². The average molecular weight is 379 g/mol. The first-order valence-electron chi connectivity index (χ1n) is 8.17. The normalized spacial score (nSPS) is 11.6.